The van der Waals surface area contributed by atoms with Crippen LogP contribution in [0, 0.1) is 5.92 Å². The zero-order valence-corrected chi connectivity index (χ0v) is 12.8. The summed E-state index contributed by atoms with van der Waals surface area (Å²) < 4.78 is 0. The van der Waals surface area contributed by atoms with Crippen LogP contribution in [0.4, 0.5) is 0 Å². The van der Waals surface area contributed by atoms with E-state index in [4.69, 9.17) is 5.73 Å². The molecule has 0 aromatic rings. The molecule has 1 aliphatic carbocycles. The number of hydrogen-bond acceptors (Lipinski definition) is 3. The van der Waals surface area contributed by atoms with Crippen LogP contribution in [0.2, 0.25) is 0 Å². The molecule has 2 rings (SSSR count). The van der Waals surface area contributed by atoms with Gasteiger partial charge in [0.15, 0.2) is 0 Å². The molecule has 0 spiro atoms. The van der Waals surface area contributed by atoms with E-state index in [9.17, 15) is 0 Å². The van der Waals surface area contributed by atoms with Crippen molar-refractivity contribution in [2.24, 2.45) is 11.7 Å². The van der Waals surface area contributed by atoms with Gasteiger partial charge in [-0.05, 0) is 57.7 Å². The van der Waals surface area contributed by atoms with E-state index in [0.29, 0.717) is 0 Å². The molecule has 1 aliphatic heterocycles. The third kappa shape index (κ3) is 4.73. The molecule has 1 atom stereocenters. The zero-order chi connectivity index (χ0) is 13.5. The summed E-state index contributed by atoms with van der Waals surface area (Å²) >= 11 is 0. The Hall–Kier alpha value is -0.120. The molecular weight excluding hydrogens is 234 g/mol. The highest BCUT2D eigenvalue weighted by Crippen LogP contribution is 2.26. The van der Waals surface area contributed by atoms with E-state index in [1.54, 1.807) is 0 Å². The molecule has 3 nitrogen and oxygen atoms in total. The molecule has 0 amide bonds. The van der Waals surface area contributed by atoms with Crippen LogP contribution in [-0.2, 0) is 0 Å². The second kappa shape index (κ2) is 8.23. The third-order valence-corrected chi connectivity index (χ3v) is 5.10. The largest absolute Gasteiger partial charge is 0.330 e. The average molecular weight is 267 g/mol. The Bertz CT molecular complexity index is 238. The minimum Gasteiger partial charge on any atom is -0.330 e. The molecule has 0 bridgehead atoms. The van der Waals surface area contributed by atoms with Crippen molar-refractivity contribution < 1.29 is 0 Å². The van der Waals surface area contributed by atoms with Crippen molar-refractivity contribution in [3.8, 4) is 0 Å². The lowest BCUT2D eigenvalue weighted by Crippen LogP contribution is -2.39. The first-order valence-electron chi connectivity index (χ1n) is 8.50. The molecule has 3 heteroatoms. The van der Waals surface area contributed by atoms with Crippen molar-refractivity contribution in [1.82, 2.24) is 9.80 Å². The van der Waals surface area contributed by atoms with Gasteiger partial charge < -0.3 is 10.6 Å². The van der Waals surface area contributed by atoms with E-state index in [0.717, 1.165) is 18.5 Å². The van der Waals surface area contributed by atoms with Gasteiger partial charge in [0.2, 0.25) is 0 Å². The highest BCUT2D eigenvalue weighted by Gasteiger charge is 2.23. The quantitative estimate of drug-likeness (QED) is 0.801. The molecule has 19 heavy (non-hydrogen) atoms. The second-order valence-electron chi connectivity index (χ2n) is 6.48. The Labute approximate surface area is 119 Å². The molecule has 2 fully saturated rings. The van der Waals surface area contributed by atoms with Crippen LogP contribution in [-0.4, -0.2) is 55.1 Å². The van der Waals surface area contributed by atoms with E-state index in [-0.39, 0.29) is 0 Å². The van der Waals surface area contributed by atoms with Gasteiger partial charge in [-0.2, -0.15) is 0 Å². The monoisotopic (exact) mass is 267 g/mol. The van der Waals surface area contributed by atoms with E-state index in [2.05, 4.69) is 16.7 Å². The Morgan fingerprint density at radius 3 is 2.53 bits per heavy atom. The first kappa shape index (κ1) is 15.3. The zero-order valence-electron chi connectivity index (χ0n) is 12.8. The lowest BCUT2D eigenvalue weighted by molar-refractivity contribution is 0.180. The molecule has 1 saturated heterocycles. The highest BCUT2D eigenvalue weighted by atomic mass is 15.2. The first-order valence-corrected chi connectivity index (χ1v) is 8.50. The predicted molar refractivity (Wildman–Crippen MR) is 82.3 cm³/mol. The minimum atomic E-state index is 0.719. The first-order chi connectivity index (χ1) is 9.33. The van der Waals surface area contributed by atoms with Gasteiger partial charge in [0.1, 0.15) is 0 Å². The summed E-state index contributed by atoms with van der Waals surface area (Å²) in [4.78, 5) is 5.42. The minimum absolute atomic E-state index is 0.719. The number of nitrogens with zero attached hydrogens (tertiary/aromatic N) is 2. The van der Waals surface area contributed by atoms with Crippen molar-refractivity contribution in [2.45, 2.75) is 57.9 Å². The summed E-state index contributed by atoms with van der Waals surface area (Å²) in [5.41, 5.74) is 5.75. The molecule has 2 N–H and O–H groups in total. The molecule has 1 heterocycles. The SMILES string of the molecule is CCC(CCN)N1CCCN(CC2CCCC2)CC1. The number of nitrogens with two attached hydrogens (primary N) is 1. The van der Waals surface area contributed by atoms with Crippen molar-refractivity contribution >= 4 is 0 Å². The van der Waals surface area contributed by atoms with E-state index in [1.807, 2.05) is 0 Å². The molecule has 1 saturated carbocycles. The second-order valence-corrected chi connectivity index (χ2v) is 6.48. The van der Waals surface area contributed by atoms with Gasteiger partial charge in [-0.25, -0.2) is 0 Å². The van der Waals surface area contributed by atoms with Crippen LogP contribution >= 0.6 is 0 Å². The van der Waals surface area contributed by atoms with Crippen molar-refractivity contribution in [3.63, 3.8) is 0 Å². The van der Waals surface area contributed by atoms with E-state index in [1.165, 1.54) is 77.7 Å². The molecular formula is C16H33N3. The lowest BCUT2D eigenvalue weighted by Gasteiger charge is -2.30. The topological polar surface area (TPSA) is 32.5 Å². The summed E-state index contributed by atoms with van der Waals surface area (Å²) in [6.45, 7) is 9.62. The van der Waals surface area contributed by atoms with Crippen molar-refractivity contribution in [3.05, 3.63) is 0 Å². The van der Waals surface area contributed by atoms with Crippen LogP contribution in [0.15, 0.2) is 0 Å². The summed E-state index contributed by atoms with van der Waals surface area (Å²) in [5.74, 6) is 0.998. The van der Waals surface area contributed by atoms with Gasteiger partial charge in [0, 0.05) is 25.7 Å². The van der Waals surface area contributed by atoms with Crippen molar-refractivity contribution in [2.75, 3.05) is 39.3 Å². The number of hydrogen-bond donors (Lipinski definition) is 1. The molecule has 0 radical (unpaired) electrons. The van der Waals surface area contributed by atoms with Gasteiger partial charge in [0.05, 0.1) is 0 Å². The summed E-state index contributed by atoms with van der Waals surface area (Å²) in [6.07, 6.45) is 9.65. The Kier molecular flexibility index (Phi) is 6.62. The Morgan fingerprint density at radius 2 is 1.84 bits per heavy atom. The third-order valence-electron chi connectivity index (χ3n) is 5.10. The maximum atomic E-state index is 5.75. The molecule has 0 aromatic carbocycles. The van der Waals surface area contributed by atoms with Crippen LogP contribution in [0.5, 0.6) is 0 Å². The normalized spacial score (nSPS) is 25.6. The maximum Gasteiger partial charge on any atom is 0.0112 e. The summed E-state index contributed by atoms with van der Waals surface area (Å²) in [6, 6.07) is 0.719. The van der Waals surface area contributed by atoms with Crippen LogP contribution in [0.3, 0.4) is 0 Å². The van der Waals surface area contributed by atoms with Gasteiger partial charge >= 0.3 is 0 Å². The molecule has 1 unspecified atom stereocenters. The Morgan fingerprint density at radius 1 is 1.05 bits per heavy atom. The lowest BCUT2D eigenvalue weighted by atomic mass is 10.1. The van der Waals surface area contributed by atoms with Crippen LogP contribution in [0.25, 0.3) is 0 Å². The molecule has 0 aromatic heterocycles. The van der Waals surface area contributed by atoms with Gasteiger partial charge in [-0.1, -0.05) is 19.8 Å². The van der Waals surface area contributed by atoms with Gasteiger partial charge in [-0.3, -0.25) is 4.90 Å². The van der Waals surface area contributed by atoms with Crippen LogP contribution < -0.4 is 5.73 Å². The Balaban J connectivity index is 1.76. The summed E-state index contributed by atoms with van der Waals surface area (Å²) in [7, 11) is 0. The van der Waals surface area contributed by atoms with Gasteiger partial charge in [-0.15, -0.1) is 0 Å². The fraction of sp³-hybridized carbons (Fsp3) is 1.00. The van der Waals surface area contributed by atoms with Crippen LogP contribution in [0.1, 0.15) is 51.9 Å². The van der Waals surface area contributed by atoms with Crippen molar-refractivity contribution in [1.29, 1.82) is 0 Å². The summed E-state index contributed by atoms with van der Waals surface area (Å²) in [5, 5.41) is 0. The van der Waals surface area contributed by atoms with Gasteiger partial charge in [0.25, 0.3) is 0 Å². The average Bonchev–Trinajstić information content (AvgIpc) is 2.82. The van der Waals surface area contributed by atoms with E-state index < -0.39 is 0 Å². The number of rotatable bonds is 6. The smallest absolute Gasteiger partial charge is 0.0112 e. The molecule has 112 valence electrons. The van der Waals surface area contributed by atoms with E-state index >= 15 is 0 Å². The fourth-order valence-electron chi connectivity index (χ4n) is 3.93. The fourth-order valence-corrected chi connectivity index (χ4v) is 3.93. The standard InChI is InChI=1S/C16H33N3/c1-2-16(8-9-17)19-11-5-10-18(12-13-19)14-15-6-3-4-7-15/h15-16H,2-14,17H2,1H3. The highest BCUT2D eigenvalue weighted by molar-refractivity contribution is 4.78. The maximum absolute atomic E-state index is 5.75. The predicted octanol–water partition coefficient (Wildman–Crippen LogP) is 2.31. The molecule has 2 aliphatic rings.